The summed E-state index contributed by atoms with van der Waals surface area (Å²) in [4.78, 5) is 24.6. The monoisotopic (exact) mass is 310 g/mol. The lowest BCUT2D eigenvalue weighted by Crippen LogP contribution is -2.27. The van der Waals surface area contributed by atoms with E-state index >= 15 is 0 Å². The van der Waals surface area contributed by atoms with Crippen LogP contribution in [0.5, 0.6) is 0 Å². The molecule has 1 fully saturated rings. The maximum absolute atomic E-state index is 12.1. The first-order chi connectivity index (χ1) is 11.3. The Bertz CT molecular complexity index is 842. The van der Waals surface area contributed by atoms with Gasteiger partial charge >= 0.3 is 0 Å². The Morgan fingerprint density at radius 2 is 2.17 bits per heavy atom. The van der Waals surface area contributed by atoms with Gasteiger partial charge in [-0.3, -0.25) is 9.78 Å². The van der Waals surface area contributed by atoms with Gasteiger partial charge in [0.05, 0.1) is 17.9 Å². The Kier molecular flexibility index (Phi) is 3.47. The molecule has 23 heavy (non-hydrogen) atoms. The molecule has 3 aromatic rings. The number of nitrogens with one attached hydrogen (secondary N) is 1. The van der Waals surface area contributed by atoms with Crippen LogP contribution in [0.25, 0.3) is 22.2 Å². The van der Waals surface area contributed by atoms with E-state index in [-0.39, 0.29) is 12.0 Å². The molecule has 1 N–H and O–H groups in total. The quantitative estimate of drug-likeness (QED) is 0.799. The van der Waals surface area contributed by atoms with Crippen molar-refractivity contribution in [3.05, 3.63) is 37.1 Å². The maximum Gasteiger partial charge on any atom is 0.254 e. The third-order valence-electron chi connectivity index (χ3n) is 3.76. The molecule has 116 valence electrons. The molecule has 1 aliphatic heterocycles. The predicted octanol–water partition coefficient (Wildman–Crippen LogP) is 2.40. The molecular weight excluding hydrogens is 296 g/mol. The van der Waals surface area contributed by atoms with E-state index in [9.17, 15) is 4.79 Å². The number of aromatic nitrogens is 3. The fourth-order valence-corrected chi connectivity index (χ4v) is 2.58. The average Bonchev–Trinajstić information content (AvgIpc) is 3.27. The lowest BCUT2D eigenvalue weighted by molar-refractivity contribution is -0.124. The van der Waals surface area contributed by atoms with Gasteiger partial charge in [-0.25, -0.2) is 9.97 Å². The highest BCUT2D eigenvalue weighted by molar-refractivity contribution is 5.95. The lowest BCUT2D eigenvalue weighted by Gasteiger charge is -2.10. The third-order valence-corrected chi connectivity index (χ3v) is 3.76. The van der Waals surface area contributed by atoms with Crippen molar-refractivity contribution in [3.8, 4) is 11.3 Å². The molecule has 7 nitrogen and oxygen atoms in total. The molecule has 0 saturated carbocycles. The third kappa shape index (κ3) is 2.78. The number of nitrogens with zero attached hydrogens (tertiary/aromatic N) is 3. The van der Waals surface area contributed by atoms with E-state index in [1.54, 1.807) is 24.7 Å². The maximum atomic E-state index is 12.1. The summed E-state index contributed by atoms with van der Waals surface area (Å²) < 4.78 is 10.6. The Balaban J connectivity index is 1.62. The molecular formula is C16H14N4O3. The molecule has 4 rings (SSSR count). The zero-order valence-electron chi connectivity index (χ0n) is 12.2. The predicted molar refractivity (Wildman–Crippen MR) is 82.6 cm³/mol. The van der Waals surface area contributed by atoms with Gasteiger partial charge in [0.25, 0.3) is 5.91 Å². The molecule has 1 amide bonds. The van der Waals surface area contributed by atoms with Crippen molar-refractivity contribution in [2.45, 2.75) is 18.9 Å². The van der Waals surface area contributed by atoms with Crippen LogP contribution in [0.2, 0.25) is 0 Å². The van der Waals surface area contributed by atoms with E-state index in [4.69, 9.17) is 9.15 Å². The molecule has 0 aliphatic carbocycles. The van der Waals surface area contributed by atoms with Crippen molar-refractivity contribution < 1.29 is 13.9 Å². The summed E-state index contributed by atoms with van der Waals surface area (Å²) in [6.45, 7) is 0.633. The summed E-state index contributed by atoms with van der Waals surface area (Å²) in [5.74, 6) is 0.962. The van der Waals surface area contributed by atoms with E-state index in [0.717, 1.165) is 29.3 Å². The van der Waals surface area contributed by atoms with Crippen LogP contribution in [0.15, 0.2) is 41.5 Å². The molecule has 4 heterocycles. The number of oxazole rings is 1. The van der Waals surface area contributed by atoms with Crippen molar-refractivity contribution >= 4 is 22.6 Å². The Labute approximate surface area is 131 Å². The second-order valence-electron chi connectivity index (χ2n) is 5.34. The topological polar surface area (TPSA) is 90.1 Å². The number of hydrogen-bond donors (Lipinski definition) is 1. The number of hydrogen-bond acceptors (Lipinski definition) is 6. The number of ether oxygens (including phenoxy) is 1. The summed E-state index contributed by atoms with van der Waals surface area (Å²) in [6.07, 6.45) is 7.61. The molecule has 0 bridgehead atoms. The van der Waals surface area contributed by atoms with Crippen LogP contribution < -0.4 is 5.32 Å². The summed E-state index contributed by atoms with van der Waals surface area (Å²) in [5.41, 5.74) is 1.56. The highest BCUT2D eigenvalue weighted by atomic mass is 16.5. The van der Waals surface area contributed by atoms with Gasteiger partial charge in [-0.05, 0) is 25.0 Å². The van der Waals surface area contributed by atoms with Gasteiger partial charge in [0.2, 0.25) is 0 Å². The minimum Gasteiger partial charge on any atom is -0.443 e. The lowest BCUT2D eigenvalue weighted by atomic mass is 10.1. The van der Waals surface area contributed by atoms with Crippen LogP contribution in [0.1, 0.15) is 12.8 Å². The Morgan fingerprint density at radius 1 is 1.22 bits per heavy atom. The van der Waals surface area contributed by atoms with Crippen LogP contribution in [-0.2, 0) is 9.53 Å². The fraction of sp³-hybridized carbons (Fsp3) is 0.250. The fourth-order valence-electron chi connectivity index (χ4n) is 2.58. The van der Waals surface area contributed by atoms with E-state index in [1.807, 2.05) is 6.07 Å². The van der Waals surface area contributed by atoms with E-state index < -0.39 is 0 Å². The molecule has 3 aromatic heterocycles. The first kappa shape index (κ1) is 13.8. The number of anilines is 1. The highest BCUT2D eigenvalue weighted by Gasteiger charge is 2.23. The minimum absolute atomic E-state index is 0.159. The summed E-state index contributed by atoms with van der Waals surface area (Å²) in [6, 6.07) is 3.71. The first-order valence-corrected chi connectivity index (χ1v) is 7.37. The number of carbonyl (C=O) groups is 1. The van der Waals surface area contributed by atoms with E-state index in [1.165, 1.54) is 6.39 Å². The molecule has 7 heteroatoms. The number of fused-ring (bicyclic) bond motifs is 1. The van der Waals surface area contributed by atoms with Crippen molar-refractivity contribution in [1.82, 2.24) is 15.0 Å². The van der Waals surface area contributed by atoms with Crippen LogP contribution in [0, 0.1) is 0 Å². The van der Waals surface area contributed by atoms with Crippen molar-refractivity contribution in [2.24, 2.45) is 0 Å². The van der Waals surface area contributed by atoms with Gasteiger partial charge in [0, 0.05) is 23.8 Å². The second-order valence-corrected chi connectivity index (χ2v) is 5.34. The summed E-state index contributed by atoms with van der Waals surface area (Å²) in [5, 5.41) is 3.65. The van der Waals surface area contributed by atoms with E-state index in [0.29, 0.717) is 18.2 Å². The van der Waals surface area contributed by atoms with Crippen LogP contribution in [0.3, 0.4) is 0 Å². The SMILES string of the molecule is O=C(Nc1cc2cc(-c3cnco3)cnc2cn1)C1CCCO1. The second kappa shape index (κ2) is 5.77. The number of amides is 1. The minimum atomic E-state index is -0.383. The number of carbonyl (C=O) groups excluding carboxylic acids is 1. The first-order valence-electron chi connectivity index (χ1n) is 7.37. The molecule has 1 saturated heterocycles. The number of rotatable bonds is 3. The van der Waals surface area contributed by atoms with Crippen LogP contribution in [-0.4, -0.2) is 33.6 Å². The molecule has 0 spiro atoms. The molecule has 1 unspecified atom stereocenters. The van der Waals surface area contributed by atoms with Gasteiger partial charge in [-0.1, -0.05) is 0 Å². The molecule has 0 radical (unpaired) electrons. The normalized spacial score (nSPS) is 17.5. The van der Waals surface area contributed by atoms with Gasteiger partial charge in [0.1, 0.15) is 11.9 Å². The Morgan fingerprint density at radius 3 is 2.96 bits per heavy atom. The zero-order valence-corrected chi connectivity index (χ0v) is 12.2. The average molecular weight is 310 g/mol. The van der Waals surface area contributed by atoms with Crippen LogP contribution >= 0.6 is 0 Å². The standard InChI is InChI=1S/C16H14N4O3/c21-16(13-2-1-3-22-13)20-15-5-10-4-11(14-8-17-9-23-14)6-18-12(10)7-19-15/h4-9,13H,1-3H2,(H,19,20,21). The molecule has 0 aromatic carbocycles. The van der Waals surface area contributed by atoms with Gasteiger partial charge < -0.3 is 14.5 Å². The molecule has 1 aliphatic rings. The summed E-state index contributed by atoms with van der Waals surface area (Å²) >= 11 is 0. The van der Waals surface area contributed by atoms with Gasteiger partial charge in [-0.2, -0.15) is 0 Å². The number of pyridine rings is 2. The van der Waals surface area contributed by atoms with Crippen molar-refractivity contribution in [1.29, 1.82) is 0 Å². The smallest absolute Gasteiger partial charge is 0.254 e. The van der Waals surface area contributed by atoms with Crippen molar-refractivity contribution in [3.63, 3.8) is 0 Å². The van der Waals surface area contributed by atoms with Gasteiger partial charge in [0.15, 0.2) is 12.2 Å². The Hall–Kier alpha value is -2.80. The molecule has 1 atom stereocenters. The largest absolute Gasteiger partial charge is 0.443 e. The zero-order chi connectivity index (χ0) is 15.6. The highest BCUT2D eigenvalue weighted by Crippen LogP contribution is 2.23. The summed E-state index contributed by atoms with van der Waals surface area (Å²) in [7, 11) is 0. The van der Waals surface area contributed by atoms with Gasteiger partial charge in [-0.15, -0.1) is 0 Å². The van der Waals surface area contributed by atoms with E-state index in [2.05, 4.69) is 20.3 Å². The van der Waals surface area contributed by atoms with Crippen LogP contribution in [0.4, 0.5) is 5.82 Å². The van der Waals surface area contributed by atoms with Crippen molar-refractivity contribution in [2.75, 3.05) is 11.9 Å².